The van der Waals surface area contributed by atoms with Gasteiger partial charge in [0.05, 0.1) is 0 Å². The average Bonchev–Trinajstić information content (AvgIpc) is 2.38. The molecular formula is C14H19NO3. The Balaban J connectivity index is 2.36. The summed E-state index contributed by atoms with van der Waals surface area (Å²) in [5.74, 6) is -1.20. The second-order valence-corrected chi connectivity index (χ2v) is 4.85. The molecular weight excluding hydrogens is 230 g/mol. The fourth-order valence-electron chi connectivity index (χ4n) is 2.45. The van der Waals surface area contributed by atoms with Crippen LogP contribution in [0.4, 0.5) is 5.69 Å². The van der Waals surface area contributed by atoms with Crippen molar-refractivity contribution in [2.75, 3.05) is 18.0 Å². The molecule has 18 heavy (non-hydrogen) atoms. The number of anilines is 1. The summed E-state index contributed by atoms with van der Waals surface area (Å²) in [5.41, 5.74) is 2.32. The highest BCUT2D eigenvalue weighted by Gasteiger charge is 2.23. The van der Waals surface area contributed by atoms with Crippen LogP contribution in [0.15, 0.2) is 18.2 Å². The molecule has 0 saturated carbocycles. The summed E-state index contributed by atoms with van der Waals surface area (Å²) < 4.78 is 0. The first-order chi connectivity index (χ1) is 8.59. The van der Waals surface area contributed by atoms with Crippen LogP contribution in [0.2, 0.25) is 0 Å². The monoisotopic (exact) mass is 249 g/mol. The molecule has 1 aliphatic rings. The SMILES string of the molecule is Cc1ccc(N2CCCCC2)c(C(O)C(=O)O)c1. The van der Waals surface area contributed by atoms with Gasteiger partial charge in [-0.2, -0.15) is 0 Å². The van der Waals surface area contributed by atoms with E-state index in [1.807, 2.05) is 19.1 Å². The summed E-state index contributed by atoms with van der Waals surface area (Å²) in [4.78, 5) is 13.1. The van der Waals surface area contributed by atoms with Gasteiger partial charge < -0.3 is 15.1 Å². The highest BCUT2D eigenvalue weighted by Crippen LogP contribution is 2.30. The van der Waals surface area contributed by atoms with Crippen molar-refractivity contribution in [2.45, 2.75) is 32.3 Å². The highest BCUT2D eigenvalue weighted by molar-refractivity contribution is 5.77. The van der Waals surface area contributed by atoms with Crippen LogP contribution in [-0.4, -0.2) is 29.3 Å². The van der Waals surface area contributed by atoms with Gasteiger partial charge in [-0.25, -0.2) is 4.79 Å². The maximum absolute atomic E-state index is 11.0. The standard InChI is InChI=1S/C14H19NO3/c1-10-5-6-12(15-7-3-2-4-8-15)11(9-10)13(16)14(17)18/h5-6,9,13,16H,2-4,7-8H2,1H3,(H,17,18). The van der Waals surface area contributed by atoms with E-state index in [1.165, 1.54) is 6.42 Å². The molecule has 98 valence electrons. The zero-order valence-corrected chi connectivity index (χ0v) is 10.6. The summed E-state index contributed by atoms with van der Waals surface area (Å²) in [5, 5.41) is 18.8. The number of hydrogen-bond acceptors (Lipinski definition) is 3. The zero-order valence-electron chi connectivity index (χ0n) is 10.6. The molecule has 1 unspecified atom stereocenters. The molecule has 0 amide bonds. The van der Waals surface area contributed by atoms with Crippen LogP contribution >= 0.6 is 0 Å². The number of carboxylic acids is 1. The minimum atomic E-state index is -1.44. The second-order valence-electron chi connectivity index (χ2n) is 4.85. The van der Waals surface area contributed by atoms with Crippen molar-refractivity contribution < 1.29 is 15.0 Å². The normalized spacial score (nSPS) is 17.6. The number of aliphatic hydroxyl groups excluding tert-OH is 1. The van der Waals surface area contributed by atoms with E-state index in [0.29, 0.717) is 5.56 Å². The number of nitrogens with zero attached hydrogens (tertiary/aromatic N) is 1. The Kier molecular flexibility index (Phi) is 3.87. The lowest BCUT2D eigenvalue weighted by molar-refractivity contribution is -0.146. The molecule has 1 aromatic carbocycles. The van der Waals surface area contributed by atoms with Gasteiger partial charge in [-0.1, -0.05) is 17.7 Å². The first-order valence-electron chi connectivity index (χ1n) is 6.36. The lowest BCUT2D eigenvalue weighted by Crippen LogP contribution is -2.31. The van der Waals surface area contributed by atoms with Gasteiger partial charge in [0.25, 0.3) is 0 Å². The van der Waals surface area contributed by atoms with Crippen molar-refractivity contribution in [3.63, 3.8) is 0 Å². The number of aliphatic hydroxyl groups is 1. The van der Waals surface area contributed by atoms with Gasteiger partial charge >= 0.3 is 5.97 Å². The predicted octanol–water partition coefficient (Wildman–Crippen LogP) is 2.10. The number of rotatable bonds is 3. The molecule has 0 radical (unpaired) electrons. The van der Waals surface area contributed by atoms with Crippen LogP contribution in [0.25, 0.3) is 0 Å². The van der Waals surface area contributed by atoms with Crippen LogP contribution < -0.4 is 4.90 Å². The smallest absolute Gasteiger partial charge is 0.337 e. The van der Waals surface area contributed by atoms with Crippen LogP contribution in [0, 0.1) is 6.92 Å². The number of carboxylic acid groups (broad SMARTS) is 1. The molecule has 4 nitrogen and oxygen atoms in total. The van der Waals surface area contributed by atoms with E-state index in [0.717, 1.165) is 37.2 Å². The topological polar surface area (TPSA) is 60.8 Å². The van der Waals surface area contributed by atoms with Crippen molar-refractivity contribution in [3.05, 3.63) is 29.3 Å². The third kappa shape index (κ3) is 2.64. The Labute approximate surface area is 107 Å². The summed E-state index contributed by atoms with van der Waals surface area (Å²) in [6, 6.07) is 5.65. The van der Waals surface area contributed by atoms with E-state index < -0.39 is 12.1 Å². The molecule has 1 aromatic rings. The first-order valence-corrected chi connectivity index (χ1v) is 6.36. The van der Waals surface area contributed by atoms with Crippen molar-refractivity contribution in [2.24, 2.45) is 0 Å². The fourth-order valence-corrected chi connectivity index (χ4v) is 2.45. The summed E-state index contributed by atoms with van der Waals surface area (Å²) >= 11 is 0. The van der Waals surface area contributed by atoms with Crippen molar-refractivity contribution >= 4 is 11.7 Å². The average molecular weight is 249 g/mol. The molecule has 0 spiro atoms. The number of carbonyl (C=O) groups is 1. The van der Waals surface area contributed by atoms with Crippen LogP contribution in [0.5, 0.6) is 0 Å². The van der Waals surface area contributed by atoms with Gasteiger partial charge in [-0.05, 0) is 32.3 Å². The predicted molar refractivity (Wildman–Crippen MR) is 69.8 cm³/mol. The summed E-state index contributed by atoms with van der Waals surface area (Å²) in [6.45, 7) is 3.77. The molecule has 1 fully saturated rings. The van der Waals surface area contributed by atoms with Crippen LogP contribution in [-0.2, 0) is 4.79 Å². The fraction of sp³-hybridized carbons (Fsp3) is 0.500. The Morgan fingerprint density at radius 2 is 1.94 bits per heavy atom. The number of benzene rings is 1. The van der Waals surface area contributed by atoms with Gasteiger partial charge in [-0.3, -0.25) is 0 Å². The first kappa shape index (κ1) is 12.9. The van der Waals surface area contributed by atoms with E-state index in [1.54, 1.807) is 6.07 Å². The highest BCUT2D eigenvalue weighted by atomic mass is 16.4. The molecule has 2 rings (SSSR count). The lowest BCUT2D eigenvalue weighted by atomic mass is 10.0. The quantitative estimate of drug-likeness (QED) is 0.861. The van der Waals surface area contributed by atoms with Gasteiger partial charge in [0.15, 0.2) is 6.10 Å². The van der Waals surface area contributed by atoms with E-state index in [9.17, 15) is 9.90 Å². The third-order valence-electron chi connectivity index (χ3n) is 3.41. The Morgan fingerprint density at radius 3 is 2.56 bits per heavy atom. The number of hydrogen-bond donors (Lipinski definition) is 2. The summed E-state index contributed by atoms with van der Waals surface area (Å²) in [6.07, 6.45) is 2.02. The molecule has 1 atom stereocenters. The molecule has 0 bridgehead atoms. The van der Waals surface area contributed by atoms with Crippen molar-refractivity contribution in [1.82, 2.24) is 0 Å². The Morgan fingerprint density at radius 1 is 1.28 bits per heavy atom. The Hall–Kier alpha value is -1.55. The van der Waals surface area contributed by atoms with Crippen molar-refractivity contribution in [3.8, 4) is 0 Å². The maximum Gasteiger partial charge on any atom is 0.337 e. The minimum absolute atomic E-state index is 0.504. The van der Waals surface area contributed by atoms with Gasteiger partial charge in [-0.15, -0.1) is 0 Å². The zero-order chi connectivity index (χ0) is 13.1. The van der Waals surface area contributed by atoms with E-state index in [-0.39, 0.29) is 0 Å². The maximum atomic E-state index is 11.0. The number of aryl methyl sites for hydroxylation is 1. The van der Waals surface area contributed by atoms with E-state index >= 15 is 0 Å². The van der Waals surface area contributed by atoms with Gasteiger partial charge in [0.1, 0.15) is 0 Å². The lowest BCUT2D eigenvalue weighted by Gasteiger charge is -2.31. The molecule has 2 N–H and O–H groups in total. The van der Waals surface area contributed by atoms with E-state index in [4.69, 9.17) is 5.11 Å². The van der Waals surface area contributed by atoms with Crippen LogP contribution in [0.3, 0.4) is 0 Å². The Bertz CT molecular complexity index is 439. The molecule has 1 saturated heterocycles. The second kappa shape index (κ2) is 5.40. The summed E-state index contributed by atoms with van der Waals surface area (Å²) in [7, 11) is 0. The van der Waals surface area contributed by atoms with E-state index in [2.05, 4.69) is 4.90 Å². The minimum Gasteiger partial charge on any atom is -0.479 e. The molecule has 1 aliphatic heterocycles. The van der Waals surface area contributed by atoms with Crippen LogP contribution in [0.1, 0.15) is 36.5 Å². The number of piperidine rings is 1. The molecule has 1 heterocycles. The molecule has 4 heteroatoms. The number of aliphatic carboxylic acids is 1. The van der Waals surface area contributed by atoms with Gasteiger partial charge in [0.2, 0.25) is 0 Å². The van der Waals surface area contributed by atoms with Crippen molar-refractivity contribution in [1.29, 1.82) is 0 Å². The third-order valence-corrected chi connectivity index (χ3v) is 3.41. The molecule has 0 aromatic heterocycles. The van der Waals surface area contributed by atoms with Gasteiger partial charge in [0, 0.05) is 24.3 Å². The molecule has 0 aliphatic carbocycles. The largest absolute Gasteiger partial charge is 0.479 e.